The normalized spacial score (nSPS) is 13.5. The molecule has 0 radical (unpaired) electrons. The molecule has 0 aliphatic rings. The van der Waals surface area contributed by atoms with E-state index < -0.39 is 6.10 Å². The molecule has 2 nitrogen and oxygen atoms in total. The summed E-state index contributed by atoms with van der Waals surface area (Å²) in [6.45, 7) is 0. The van der Waals surface area contributed by atoms with Crippen molar-refractivity contribution in [2.75, 3.05) is 5.32 Å². The second-order valence-electron chi connectivity index (χ2n) is 5.66. The summed E-state index contributed by atoms with van der Waals surface area (Å²) in [5, 5.41) is 14.2. The molecule has 0 aromatic heterocycles. The number of benzene rings is 3. The van der Waals surface area contributed by atoms with Crippen molar-refractivity contribution in [2.24, 2.45) is 0 Å². The van der Waals surface area contributed by atoms with E-state index in [1.54, 1.807) is 0 Å². The number of nitrogens with one attached hydrogen (secondary N) is 1. The number of aliphatic hydroxyl groups excluding tert-OH is 1. The molecule has 0 bridgehead atoms. The van der Waals surface area contributed by atoms with Gasteiger partial charge in [-0.25, -0.2) is 0 Å². The molecule has 2 N–H and O–H groups in total. The zero-order chi connectivity index (χ0) is 16.6. The van der Waals surface area contributed by atoms with Gasteiger partial charge >= 0.3 is 0 Å². The number of hydrogen-bond donors (Lipinski definition) is 2. The van der Waals surface area contributed by atoms with E-state index in [0.717, 1.165) is 16.8 Å². The zero-order valence-corrected chi connectivity index (χ0v) is 13.4. The van der Waals surface area contributed by atoms with Crippen LogP contribution in [0.2, 0.25) is 0 Å². The maximum absolute atomic E-state index is 10.7. The van der Waals surface area contributed by atoms with Gasteiger partial charge in [0, 0.05) is 5.69 Å². The lowest BCUT2D eigenvalue weighted by atomic mass is 10.00. The fraction of sp³-hybridized carbons (Fsp3) is 0.0909. The minimum atomic E-state index is -0.646. The first-order valence-corrected chi connectivity index (χ1v) is 8.11. The molecule has 120 valence electrons. The van der Waals surface area contributed by atoms with Crippen molar-refractivity contribution in [1.82, 2.24) is 0 Å². The number of para-hydroxylation sites is 1. The van der Waals surface area contributed by atoms with Crippen LogP contribution in [0.5, 0.6) is 0 Å². The molecule has 0 amide bonds. The average Bonchev–Trinajstić information content (AvgIpc) is 2.66. The highest BCUT2D eigenvalue weighted by molar-refractivity contribution is 5.51. The van der Waals surface area contributed by atoms with Gasteiger partial charge in [0.05, 0.1) is 12.1 Å². The highest BCUT2D eigenvalue weighted by Gasteiger charge is 2.18. The highest BCUT2D eigenvalue weighted by atomic mass is 16.3. The van der Waals surface area contributed by atoms with Gasteiger partial charge in [-0.2, -0.15) is 0 Å². The van der Waals surface area contributed by atoms with Gasteiger partial charge in [-0.1, -0.05) is 91.0 Å². The first-order chi connectivity index (χ1) is 11.8. The second kappa shape index (κ2) is 8.14. The predicted molar refractivity (Wildman–Crippen MR) is 101 cm³/mol. The Kier molecular flexibility index (Phi) is 5.44. The maximum atomic E-state index is 10.7. The maximum Gasteiger partial charge on any atom is 0.0967 e. The quantitative estimate of drug-likeness (QED) is 0.677. The first kappa shape index (κ1) is 16.0. The molecule has 0 heterocycles. The molecule has 3 rings (SSSR count). The van der Waals surface area contributed by atoms with E-state index in [4.69, 9.17) is 0 Å². The van der Waals surface area contributed by atoms with E-state index in [2.05, 4.69) is 5.32 Å². The van der Waals surface area contributed by atoms with Crippen molar-refractivity contribution in [3.63, 3.8) is 0 Å². The lowest BCUT2D eigenvalue weighted by molar-refractivity contribution is 0.201. The third-order valence-electron chi connectivity index (χ3n) is 3.88. The molecular formula is C22H21NO. The lowest BCUT2D eigenvalue weighted by Crippen LogP contribution is -2.23. The summed E-state index contributed by atoms with van der Waals surface area (Å²) in [6, 6.07) is 29.8. The molecule has 0 saturated heterocycles. The van der Waals surface area contributed by atoms with E-state index in [1.807, 2.05) is 103 Å². The van der Waals surface area contributed by atoms with Gasteiger partial charge in [0.1, 0.15) is 0 Å². The van der Waals surface area contributed by atoms with Crippen LogP contribution in [0.3, 0.4) is 0 Å². The fourth-order valence-electron chi connectivity index (χ4n) is 2.63. The van der Waals surface area contributed by atoms with Gasteiger partial charge < -0.3 is 10.4 Å². The van der Waals surface area contributed by atoms with E-state index in [9.17, 15) is 5.11 Å². The molecule has 2 atom stereocenters. The van der Waals surface area contributed by atoms with Crippen LogP contribution in [0.25, 0.3) is 6.08 Å². The van der Waals surface area contributed by atoms with Gasteiger partial charge in [0.25, 0.3) is 0 Å². The van der Waals surface area contributed by atoms with Crippen molar-refractivity contribution >= 4 is 11.8 Å². The van der Waals surface area contributed by atoms with Crippen LogP contribution in [0, 0.1) is 0 Å². The van der Waals surface area contributed by atoms with Gasteiger partial charge in [-0.15, -0.1) is 0 Å². The number of hydrogen-bond acceptors (Lipinski definition) is 2. The average molecular weight is 315 g/mol. The highest BCUT2D eigenvalue weighted by Crippen LogP contribution is 2.24. The molecule has 0 spiro atoms. The van der Waals surface area contributed by atoms with Crippen molar-refractivity contribution in [1.29, 1.82) is 0 Å². The molecular weight excluding hydrogens is 294 g/mol. The number of aliphatic hydroxyl groups is 1. The Morgan fingerprint density at radius 1 is 0.708 bits per heavy atom. The van der Waals surface area contributed by atoms with Crippen LogP contribution in [0.15, 0.2) is 97.1 Å². The zero-order valence-electron chi connectivity index (χ0n) is 13.4. The van der Waals surface area contributed by atoms with Crippen molar-refractivity contribution in [3.8, 4) is 0 Å². The number of rotatable bonds is 6. The summed E-state index contributed by atoms with van der Waals surface area (Å²) in [5.74, 6) is 0. The first-order valence-electron chi connectivity index (χ1n) is 8.11. The molecule has 2 unspecified atom stereocenters. The summed E-state index contributed by atoms with van der Waals surface area (Å²) in [7, 11) is 0. The van der Waals surface area contributed by atoms with Crippen LogP contribution in [0.4, 0.5) is 5.69 Å². The van der Waals surface area contributed by atoms with E-state index in [-0.39, 0.29) is 6.04 Å². The van der Waals surface area contributed by atoms with Gasteiger partial charge in [-0.05, 0) is 23.3 Å². The minimum Gasteiger partial charge on any atom is -0.387 e. The monoisotopic (exact) mass is 315 g/mol. The molecule has 3 aromatic rings. The molecule has 0 aliphatic heterocycles. The van der Waals surface area contributed by atoms with Crippen molar-refractivity contribution < 1.29 is 5.11 Å². The van der Waals surface area contributed by atoms with Crippen LogP contribution in [0.1, 0.15) is 17.2 Å². The topological polar surface area (TPSA) is 32.3 Å². The summed E-state index contributed by atoms with van der Waals surface area (Å²) in [4.78, 5) is 0. The second-order valence-corrected chi connectivity index (χ2v) is 5.66. The van der Waals surface area contributed by atoms with Crippen molar-refractivity contribution in [2.45, 2.75) is 12.1 Å². The van der Waals surface area contributed by atoms with Gasteiger partial charge in [0.15, 0.2) is 0 Å². The largest absolute Gasteiger partial charge is 0.387 e. The van der Waals surface area contributed by atoms with Crippen molar-refractivity contribution in [3.05, 3.63) is 108 Å². The summed E-state index contributed by atoms with van der Waals surface area (Å²) in [5.41, 5.74) is 3.10. The number of anilines is 1. The van der Waals surface area contributed by atoms with Crippen LogP contribution in [-0.4, -0.2) is 11.2 Å². The van der Waals surface area contributed by atoms with Crippen LogP contribution >= 0.6 is 0 Å². The summed E-state index contributed by atoms with van der Waals surface area (Å²) in [6.07, 6.45) is 3.14. The lowest BCUT2D eigenvalue weighted by Gasteiger charge is -2.24. The van der Waals surface area contributed by atoms with E-state index >= 15 is 0 Å². The molecule has 0 aliphatic carbocycles. The van der Waals surface area contributed by atoms with E-state index in [0.29, 0.717) is 0 Å². The van der Waals surface area contributed by atoms with Crippen LogP contribution < -0.4 is 5.32 Å². The van der Waals surface area contributed by atoms with E-state index in [1.165, 1.54) is 0 Å². The Morgan fingerprint density at radius 3 is 1.88 bits per heavy atom. The minimum absolute atomic E-state index is 0.214. The van der Waals surface area contributed by atoms with Crippen LogP contribution in [-0.2, 0) is 0 Å². The third kappa shape index (κ3) is 4.34. The van der Waals surface area contributed by atoms with Gasteiger partial charge in [0.2, 0.25) is 0 Å². The SMILES string of the molecule is OC(/C=C/c1ccccc1)C(Nc1ccccc1)c1ccccc1. The predicted octanol–water partition coefficient (Wildman–Crippen LogP) is 4.91. The smallest absolute Gasteiger partial charge is 0.0967 e. The third-order valence-corrected chi connectivity index (χ3v) is 3.88. The van der Waals surface area contributed by atoms with Gasteiger partial charge in [-0.3, -0.25) is 0 Å². The molecule has 0 saturated carbocycles. The molecule has 2 heteroatoms. The Labute approximate surface area is 143 Å². The molecule has 3 aromatic carbocycles. The Hall–Kier alpha value is -2.84. The Balaban J connectivity index is 1.82. The standard InChI is InChI=1S/C22H21NO/c24-21(17-16-18-10-4-1-5-11-18)22(19-12-6-2-7-13-19)23-20-14-8-3-9-15-20/h1-17,21-24H/b17-16+. The fourth-order valence-corrected chi connectivity index (χ4v) is 2.63. The summed E-state index contributed by atoms with van der Waals surface area (Å²) >= 11 is 0. The Bertz CT molecular complexity index is 754. The Morgan fingerprint density at radius 2 is 1.25 bits per heavy atom. The molecule has 24 heavy (non-hydrogen) atoms. The molecule has 0 fully saturated rings. The summed E-state index contributed by atoms with van der Waals surface area (Å²) < 4.78 is 0.